The summed E-state index contributed by atoms with van der Waals surface area (Å²) in [7, 11) is 2.06. The largest absolute Gasteiger partial charge is 0.489 e. The van der Waals surface area contributed by atoms with Crippen molar-refractivity contribution < 1.29 is 19.1 Å². The van der Waals surface area contributed by atoms with Gasteiger partial charge in [0.25, 0.3) is 11.8 Å². The number of likely N-dealkylation sites (N-methyl/N-ethyl adjacent to an activating group) is 1. The molecule has 1 fully saturated rings. The van der Waals surface area contributed by atoms with Gasteiger partial charge in [0.1, 0.15) is 18.4 Å². The van der Waals surface area contributed by atoms with Crippen molar-refractivity contribution in [3.63, 3.8) is 0 Å². The molecule has 0 aliphatic carbocycles. The zero-order valence-electron chi connectivity index (χ0n) is 33.0. The second-order valence-corrected chi connectivity index (χ2v) is 15.2. The number of ether oxygens (including phenoxy) is 1. The molecule has 59 heavy (non-hydrogen) atoms. The number of carbonyl (C=O) groups excluding carboxylic acids is 3. The first kappa shape index (κ1) is 37.6. The predicted molar refractivity (Wildman–Crippen MR) is 231 cm³/mol. The van der Waals surface area contributed by atoms with Gasteiger partial charge in [-0.25, -0.2) is 0 Å². The fourth-order valence-electron chi connectivity index (χ4n) is 8.28. The van der Waals surface area contributed by atoms with Crippen molar-refractivity contribution in [2.75, 3.05) is 38.1 Å². The lowest BCUT2D eigenvalue weighted by molar-refractivity contribution is -0.138. The first-order valence-electron chi connectivity index (χ1n) is 20.1. The summed E-state index contributed by atoms with van der Waals surface area (Å²) in [6.07, 6.45) is 2.29. The molecule has 2 aliphatic heterocycles. The molecule has 7 aromatic rings. The van der Waals surface area contributed by atoms with Gasteiger partial charge in [0, 0.05) is 62.1 Å². The second-order valence-electron chi connectivity index (χ2n) is 15.2. The third-order valence-electron chi connectivity index (χ3n) is 11.5. The van der Waals surface area contributed by atoms with Gasteiger partial charge in [0.2, 0.25) is 5.91 Å². The average molecular weight is 780 g/mol. The monoisotopic (exact) mass is 779 g/mol. The van der Waals surface area contributed by atoms with Gasteiger partial charge in [0.15, 0.2) is 0 Å². The maximum atomic E-state index is 15.0. The van der Waals surface area contributed by atoms with Crippen LogP contribution in [0.1, 0.15) is 37.4 Å². The predicted octanol–water partition coefficient (Wildman–Crippen LogP) is 8.53. The Hall–Kier alpha value is -6.97. The smallest absolute Gasteiger partial charge is 0.265 e. The molecule has 9 nitrogen and oxygen atoms in total. The van der Waals surface area contributed by atoms with E-state index in [1.807, 2.05) is 167 Å². The maximum absolute atomic E-state index is 15.0. The van der Waals surface area contributed by atoms with E-state index in [9.17, 15) is 4.79 Å². The standard InChI is InChI=1S/C50H45N5O4/c1-51-28-30-52(31-29-51)50(58)47-32-37-16-8-9-17-38(37)33-54(47)48(56)43-21-11-13-23-46(43)53-34-44(42-20-10-12-22-45(42)53)49(57)55(39-18-6-3-7-19-39)40-24-26-41(27-25-40)59-35-36-14-4-2-5-15-36/h2-27,34,47H,28-33,35H2,1H3/t47-/m0/s1. The summed E-state index contributed by atoms with van der Waals surface area (Å²) in [4.78, 5) is 51.9. The van der Waals surface area contributed by atoms with Crippen LogP contribution in [0.2, 0.25) is 0 Å². The fourth-order valence-corrected chi connectivity index (χ4v) is 8.28. The highest BCUT2D eigenvalue weighted by Gasteiger charge is 2.38. The van der Waals surface area contributed by atoms with E-state index in [0.29, 0.717) is 66.6 Å². The topological polar surface area (TPSA) is 78.3 Å². The average Bonchev–Trinajstić information content (AvgIpc) is 3.68. The second kappa shape index (κ2) is 16.5. The lowest BCUT2D eigenvalue weighted by Gasteiger charge is -2.41. The van der Waals surface area contributed by atoms with Crippen LogP contribution in [0.25, 0.3) is 16.6 Å². The van der Waals surface area contributed by atoms with Crippen LogP contribution in [0.15, 0.2) is 164 Å². The van der Waals surface area contributed by atoms with E-state index < -0.39 is 6.04 Å². The highest BCUT2D eigenvalue weighted by atomic mass is 16.5. The normalized spacial score (nSPS) is 15.4. The molecule has 6 aromatic carbocycles. The SMILES string of the molecule is CN1CCN(C(=O)[C@@H]2Cc3ccccc3CN2C(=O)c2ccccc2-n2cc(C(=O)N(c3ccccc3)c3ccc(OCc4ccccc4)cc3)c3ccccc32)CC1. The van der Waals surface area contributed by atoms with Gasteiger partial charge >= 0.3 is 0 Å². The summed E-state index contributed by atoms with van der Waals surface area (Å²) in [6.45, 7) is 3.61. The molecule has 0 radical (unpaired) electrons. The molecule has 0 saturated carbocycles. The molecule has 2 aliphatic rings. The van der Waals surface area contributed by atoms with Crippen molar-refractivity contribution in [1.29, 1.82) is 0 Å². The van der Waals surface area contributed by atoms with E-state index in [2.05, 4.69) is 18.0 Å². The number of para-hydroxylation sites is 3. The van der Waals surface area contributed by atoms with Crippen LogP contribution in [0, 0.1) is 0 Å². The summed E-state index contributed by atoms with van der Waals surface area (Å²) in [5.74, 6) is 0.224. The third-order valence-corrected chi connectivity index (χ3v) is 11.5. The van der Waals surface area contributed by atoms with Gasteiger partial charge in [0.05, 0.1) is 22.3 Å². The summed E-state index contributed by atoms with van der Waals surface area (Å²) < 4.78 is 8.01. The summed E-state index contributed by atoms with van der Waals surface area (Å²) in [5.41, 5.74) is 6.93. The molecule has 3 amide bonds. The van der Waals surface area contributed by atoms with E-state index >= 15 is 9.59 Å². The molecular formula is C50H45N5O4. The van der Waals surface area contributed by atoms with E-state index in [0.717, 1.165) is 40.7 Å². The summed E-state index contributed by atoms with van der Waals surface area (Å²) >= 11 is 0. The number of aromatic nitrogens is 1. The Morgan fingerprint density at radius 1 is 0.644 bits per heavy atom. The molecule has 0 bridgehead atoms. The molecule has 0 unspecified atom stereocenters. The fraction of sp³-hybridized carbons (Fsp3) is 0.180. The first-order valence-corrected chi connectivity index (χ1v) is 20.1. The molecule has 1 atom stereocenters. The quantitative estimate of drug-likeness (QED) is 0.147. The van der Waals surface area contributed by atoms with Crippen LogP contribution in [-0.2, 0) is 24.4 Å². The molecule has 0 N–H and O–H groups in total. The highest BCUT2D eigenvalue weighted by molar-refractivity contribution is 6.17. The van der Waals surface area contributed by atoms with Crippen LogP contribution in [0.3, 0.4) is 0 Å². The molecule has 0 spiro atoms. The molecular weight excluding hydrogens is 735 g/mol. The van der Waals surface area contributed by atoms with E-state index in [1.54, 1.807) is 9.80 Å². The minimum absolute atomic E-state index is 0.0190. The zero-order chi connectivity index (χ0) is 40.3. The number of hydrogen-bond acceptors (Lipinski definition) is 5. The van der Waals surface area contributed by atoms with Gasteiger partial charge in [-0.3, -0.25) is 19.3 Å². The molecule has 9 heteroatoms. The van der Waals surface area contributed by atoms with Crippen molar-refractivity contribution in [1.82, 2.24) is 19.3 Å². The molecule has 1 aromatic heterocycles. The Kier molecular flexibility index (Phi) is 10.5. The highest BCUT2D eigenvalue weighted by Crippen LogP contribution is 2.35. The Morgan fingerprint density at radius 3 is 2.03 bits per heavy atom. The van der Waals surface area contributed by atoms with E-state index in [1.165, 1.54) is 0 Å². The number of amides is 3. The van der Waals surface area contributed by atoms with Crippen LogP contribution in [0.5, 0.6) is 5.75 Å². The van der Waals surface area contributed by atoms with Crippen LogP contribution >= 0.6 is 0 Å². The van der Waals surface area contributed by atoms with Crippen LogP contribution < -0.4 is 9.64 Å². The minimum atomic E-state index is -0.637. The number of carbonyl (C=O) groups is 3. The number of piperazine rings is 1. The number of hydrogen-bond donors (Lipinski definition) is 0. The Balaban J connectivity index is 1.07. The van der Waals surface area contributed by atoms with Crippen molar-refractivity contribution in [3.8, 4) is 11.4 Å². The lowest BCUT2D eigenvalue weighted by Crippen LogP contribution is -2.57. The number of anilines is 2. The molecule has 294 valence electrons. The third kappa shape index (κ3) is 7.60. The Bertz CT molecular complexity index is 2620. The van der Waals surface area contributed by atoms with Gasteiger partial charge in [-0.2, -0.15) is 0 Å². The van der Waals surface area contributed by atoms with Gasteiger partial charge in [-0.1, -0.05) is 103 Å². The van der Waals surface area contributed by atoms with Crippen LogP contribution in [-0.4, -0.2) is 76.3 Å². The summed E-state index contributed by atoms with van der Waals surface area (Å²) in [5, 5.41) is 0.749. The molecule has 1 saturated heterocycles. The van der Waals surface area contributed by atoms with Gasteiger partial charge in [-0.15, -0.1) is 0 Å². The first-order chi connectivity index (χ1) is 28.9. The van der Waals surface area contributed by atoms with E-state index in [-0.39, 0.29) is 17.7 Å². The molecule has 3 heterocycles. The number of nitrogens with zero attached hydrogens (tertiary/aromatic N) is 5. The molecule has 9 rings (SSSR count). The maximum Gasteiger partial charge on any atom is 0.265 e. The van der Waals surface area contributed by atoms with Crippen molar-refractivity contribution in [3.05, 3.63) is 192 Å². The van der Waals surface area contributed by atoms with Gasteiger partial charge < -0.3 is 24.0 Å². The van der Waals surface area contributed by atoms with Crippen molar-refractivity contribution in [2.45, 2.75) is 25.6 Å². The van der Waals surface area contributed by atoms with E-state index in [4.69, 9.17) is 4.74 Å². The Morgan fingerprint density at radius 2 is 1.27 bits per heavy atom. The van der Waals surface area contributed by atoms with Crippen molar-refractivity contribution >= 4 is 40.0 Å². The zero-order valence-corrected chi connectivity index (χ0v) is 33.0. The van der Waals surface area contributed by atoms with Crippen molar-refractivity contribution in [2.24, 2.45) is 0 Å². The lowest BCUT2D eigenvalue weighted by atomic mass is 9.92. The Labute approximate surface area is 344 Å². The minimum Gasteiger partial charge on any atom is -0.489 e. The number of rotatable bonds is 9. The van der Waals surface area contributed by atoms with Crippen LogP contribution in [0.4, 0.5) is 11.4 Å². The van der Waals surface area contributed by atoms with Gasteiger partial charge in [-0.05, 0) is 78.3 Å². The summed E-state index contributed by atoms with van der Waals surface area (Å²) in [6, 6.07) is 49.9. The number of benzene rings is 6. The number of fused-ring (bicyclic) bond motifs is 2.